The van der Waals surface area contributed by atoms with E-state index in [0.29, 0.717) is 18.7 Å². The standard InChI is InChI=1S/C26H30N2O4S2/c1-20-10-12-22(13-11-20)28(34(30,31)24-16-14-23(33-3)15-17-24)19-26(29)27-18-6-8-21-7-4-5-9-25(21)32-2/h4-5,7,9-17H,6,8,18-19H2,1-3H3,(H,27,29). The summed E-state index contributed by atoms with van der Waals surface area (Å²) in [7, 11) is -2.29. The van der Waals surface area contributed by atoms with Crippen molar-refractivity contribution in [2.45, 2.75) is 29.6 Å². The van der Waals surface area contributed by atoms with Crippen molar-refractivity contribution < 1.29 is 17.9 Å². The second kappa shape index (κ2) is 11.9. The first-order valence-corrected chi connectivity index (χ1v) is 13.6. The first kappa shape index (κ1) is 25.6. The number of nitrogens with one attached hydrogen (secondary N) is 1. The summed E-state index contributed by atoms with van der Waals surface area (Å²) in [6.45, 7) is 2.06. The van der Waals surface area contributed by atoms with E-state index in [9.17, 15) is 13.2 Å². The lowest BCUT2D eigenvalue weighted by Crippen LogP contribution is -2.41. The Morgan fingerprint density at radius 1 is 1.00 bits per heavy atom. The van der Waals surface area contributed by atoms with E-state index in [1.165, 1.54) is 11.8 Å². The van der Waals surface area contributed by atoms with Crippen molar-refractivity contribution in [1.29, 1.82) is 0 Å². The number of ether oxygens (including phenoxy) is 1. The van der Waals surface area contributed by atoms with Crippen molar-refractivity contribution in [2.75, 3.05) is 30.8 Å². The summed E-state index contributed by atoms with van der Waals surface area (Å²) in [6.07, 6.45) is 3.38. The van der Waals surface area contributed by atoms with Crippen molar-refractivity contribution in [3.05, 3.63) is 83.9 Å². The molecular formula is C26H30N2O4S2. The number of thioether (sulfide) groups is 1. The summed E-state index contributed by atoms with van der Waals surface area (Å²) in [5, 5.41) is 2.85. The Morgan fingerprint density at radius 2 is 1.68 bits per heavy atom. The zero-order chi connectivity index (χ0) is 24.6. The third-order valence-electron chi connectivity index (χ3n) is 5.39. The Bertz CT molecular complexity index is 1190. The van der Waals surface area contributed by atoms with Gasteiger partial charge >= 0.3 is 0 Å². The van der Waals surface area contributed by atoms with Crippen LogP contribution in [0.1, 0.15) is 17.5 Å². The largest absolute Gasteiger partial charge is 0.496 e. The lowest BCUT2D eigenvalue weighted by atomic mass is 10.1. The van der Waals surface area contributed by atoms with Crippen molar-refractivity contribution in [2.24, 2.45) is 0 Å². The van der Waals surface area contributed by atoms with Gasteiger partial charge in [0, 0.05) is 11.4 Å². The van der Waals surface area contributed by atoms with E-state index in [1.54, 1.807) is 43.5 Å². The summed E-state index contributed by atoms with van der Waals surface area (Å²) in [4.78, 5) is 13.9. The molecule has 0 aliphatic carbocycles. The van der Waals surface area contributed by atoms with E-state index in [1.807, 2.05) is 49.6 Å². The van der Waals surface area contributed by atoms with Gasteiger partial charge in [0.25, 0.3) is 10.0 Å². The molecule has 180 valence electrons. The average molecular weight is 499 g/mol. The number of aryl methyl sites for hydroxylation is 2. The Kier molecular flexibility index (Phi) is 9.01. The summed E-state index contributed by atoms with van der Waals surface area (Å²) >= 11 is 1.54. The first-order valence-electron chi connectivity index (χ1n) is 11.0. The molecule has 0 saturated carbocycles. The number of carbonyl (C=O) groups excluding carboxylic acids is 1. The molecule has 3 aromatic rings. The molecule has 34 heavy (non-hydrogen) atoms. The highest BCUT2D eigenvalue weighted by atomic mass is 32.2. The molecule has 6 nitrogen and oxygen atoms in total. The number of methoxy groups -OCH3 is 1. The van der Waals surface area contributed by atoms with Crippen LogP contribution in [0.4, 0.5) is 5.69 Å². The summed E-state index contributed by atoms with van der Waals surface area (Å²) in [5.41, 5.74) is 2.52. The number of sulfonamides is 1. The van der Waals surface area contributed by atoms with Crippen LogP contribution in [0.3, 0.4) is 0 Å². The Balaban J connectivity index is 1.71. The molecule has 3 aromatic carbocycles. The van der Waals surface area contributed by atoms with Crippen LogP contribution in [0.2, 0.25) is 0 Å². The predicted octanol–water partition coefficient (Wildman–Crippen LogP) is 4.67. The maximum Gasteiger partial charge on any atom is 0.264 e. The van der Waals surface area contributed by atoms with Gasteiger partial charge in [0.15, 0.2) is 0 Å². The van der Waals surface area contributed by atoms with E-state index < -0.39 is 10.0 Å². The maximum absolute atomic E-state index is 13.5. The van der Waals surface area contributed by atoms with Crippen LogP contribution in [-0.2, 0) is 21.2 Å². The third-order valence-corrected chi connectivity index (χ3v) is 7.93. The van der Waals surface area contributed by atoms with Gasteiger partial charge in [-0.05, 0) is 74.0 Å². The van der Waals surface area contributed by atoms with Crippen LogP contribution < -0.4 is 14.4 Å². The number of rotatable bonds is 11. The Hall–Kier alpha value is -2.97. The quantitative estimate of drug-likeness (QED) is 0.307. The van der Waals surface area contributed by atoms with Crippen LogP contribution in [0.5, 0.6) is 5.75 Å². The highest BCUT2D eigenvalue weighted by Crippen LogP contribution is 2.26. The highest BCUT2D eigenvalue weighted by Gasteiger charge is 2.27. The van der Waals surface area contributed by atoms with Gasteiger partial charge in [0.05, 0.1) is 17.7 Å². The number of hydrogen-bond donors (Lipinski definition) is 1. The van der Waals surface area contributed by atoms with Crippen LogP contribution in [0.25, 0.3) is 0 Å². The average Bonchev–Trinajstić information content (AvgIpc) is 2.86. The number of para-hydroxylation sites is 1. The molecule has 0 radical (unpaired) electrons. The monoisotopic (exact) mass is 498 g/mol. The highest BCUT2D eigenvalue weighted by molar-refractivity contribution is 7.98. The fourth-order valence-corrected chi connectivity index (χ4v) is 5.33. The van der Waals surface area contributed by atoms with Gasteiger partial charge in [-0.25, -0.2) is 8.42 Å². The number of hydrogen-bond acceptors (Lipinski definition) is 5. The van der Waals surface area contributed by atoms with Gasteiger partial charge < -0.3 is 10.1 Å². The predicted molar refractivity (Wildman–Crippen MR) is 138 cm³/mol. The van der Waals surface area contributed by atoms with E-state index in [0.717, 1.165) is 32.5 Å². The molecule has 0 heterocycles. The second-order valence-corrected chi connectivity index (χ2v) is 10.5. The summed E-state index contributed by atoms with van der Waals surface area (Å²) < 4.78 is 33.5. The van der Waals surface area contributed by atoms with Crippen molar-refractivity contribution >= 4 is 33.4 Å². The molecule has 1 N–H and O–H groups in total. The van der Waals surface area contributed by atoms with Gasteiger partial charge in [-0.2, -0.15) is 0 Å². The van der Waals surface area contributed by atoms with Crippen LogP contribution in [0, 0.1) is 6.92 Å². The fourth-order valence-electron chi connectivity index (χ4n) is 3.50. The molecule has 8 heteroatoms. The van der Waals surface area contributed by atoms with E-state index in [4.69, 9.17) is 4.74 Å². The normalized spacial score (nSPS) is 11.1. The fraction of sp³-hybridized carbons (Fsp3) is 0.269. The Labute approximate surface area is 206 Å². The van der Waals surface area contributed by atoms with Crippen LogP contribution >= 0.6 is 11.8 Å². The molecule has 0 atom stereocenters. The number of anilines is 1. The molecule has 0 fully saturated rings. The molecule has 0 aromatic heterocycles. The van der Waals surface area contributed by atoms with Gasteiger partial charge in [0.1, 0.15) is 12.3 Å². The minimum atomic E-state index is -3.92. The van der Waals surface area contributed by atoms with Crippen molar-refractivity contribution in [1.82, 2.24) is 5.32 Å². The number of amides is 1. The topological polar surface area (TPSA) is 75.7 Å². The number of carbonyl (C=O) groups is 1. The minimum absolute atomic E-state index is 0.148. The summed E-state index contributed by atoms with van der Waals surface area (Å²) in [5.74, 6) is 0.461. The lowest BCUT2D eigenvalue weighted by molar-refractivity contribution is -0.119. The van der Waals surface area contributed by atoms with E-state index in [-0.39, 0.29) is 17.3 Å². The van der Waals surface area contributed by atoms with E-state index >= 15 is 0 Å². The van der Waals surface area contributed by atoms with Gasteiger partial charge in [-0.3, -0.25) is 9.10 Å². The smallest absolute Gasteiger partial charge is 0.264 e. The molecule has 1 amide bonds. The molecule has 0 spiro atoms. The molecule has 3 rings (SSSR count). The number of nitrogens with zero attached hydrogens (tertiary/aromatic N) is 1. The van der Waals surface area contributed by atoms with Crippen LogP contribution in [-0.4, -0.2) is 40.8 Å². The van der Waals surface area contributed by atoms with Crippen molar-refractivity contribution in [3.63, 3.8) is 0 Å². The van der Waals surface area contributed by atoms with E-state index in [2.05, 4.69) is 5.32 Å². The van der Waals surface area contributed by atoms with Gasteiger partial charge in [-0.15, -0.1) is 11.8 Å². The molecule has 0 aliphatic heterocycles. The zero-order valence-corrected chi connectivity index (χ0v) is 21.3. The maximum atomic E-state index is 13.5. The minimum Gasteiger partial charge on any atom is -0.496 e. The second-order valence-electron chi connectivity index (χ2n) is 7.79. The SMILES string of the molecule is COc1ccccc1CCCNC(=O)CN(c1ccc(C)cc1)S(=O)(=O)c1ccc(SC)cc1. The molecular weight excluding hydrogens is 468 g/mol. The molecule has 0 unspecified atom stereocenters. The molecule has 0 aliphatic rings. The lowest BCUT2D eigenvalue weighted by Gasteiger charge is -2.24. The van der Waals surface area contributed by atoms with Gasteiger partial charge in [-0.1, -0.05) is 35.9 Å². The third kappa shape index (κ3) is 6.55. The van der Waals surface area contributed by atoms with Gasteiger partial charge in [0.2, 0.25) is 5.91 Å². The summed E-state index contributed by atoms with van der Waals surface area (Å²) in [6, 6.07) is 21.6. The Morgan fingerprint density at radius 3 is 2.32 bits per heavy atom. The molecule has 0 bridgehead atoms. The number of benzene rings is 3. The zero-order valence-electron chi connectivity index (χ0n) is 19.7. The molecule has 0 saturated heterocycles. The van der Waals surface area contributed by atoms with Crippen LogP contribution in [0.15, 0.2) is 82.6 Å². The van der Waals surface area contributed by atoms with Crippen molar-refractivity contribution in [3.8, 4) is 5.75 Å². The first-order chi connectivity index (χ1) is 16.3.